The average molecular weight is 316 g/mol. The first-order valence-corrected chi connectivity index (χ1v) is 6.10. The van der Waals surface area contributed by atoms with Crippen molar-refractivity contribution in [2.24, 2.45) is 0 Å². The van der Waals surface area contributed by atoms with Gasteiger partial charge in [-0.3, -0.25) is 4.79 Å². The van der Waals surface area contributed by atoms with E-state index in [0.29, 0.717) is 10.0 Å². The first kappa shape index (κ1) is 14.7. The Kier molecular flexibility index (Phi) is 4.86. The Morgan fingerprint density at radius 2 is 2.00 bits per heavy atom. The van der Waals surface area contributed by atoms with Crippen LogP contribution in [0.1, 0.15) is 22.8 Å². The van der Waals surface area contributed by atoms with Gasteiger partial charge in [-0.1, -0.05) is 12.1 Å². The van der Waals surface area contributed by atoms with Crippen LogP contribution in [-0.2, 0) is 4.79 Å². The number of aryl methyl sites for hydroxylation is 1. The zero-order valence-electron chi connectivity index (χ0n) is 9.98. The number of aliphatic carboxylic acids is 1. The molecular formula is C12H14BrNO4. The van der Waals surface area contributed by atoms with Gasteiger partial charge in [-0.2, -0.15) is 0 Å². The van der Waals surface area contributed by atoms with E-state index in [1.165, 1.54) is 6.92 Å². The molecule has 1 rings (SSSR count). The summed E-state index contributed by atoms with van der Waals surface area (Å²) >= 11 is 3.27. The highest BCUT2D eigenvalue weighted by atomic mass is 79.9. The van der Waals surface area contributed by atoms with Gasteiger partial charge >= 0.3 is 5.97 Å². The lowest BCUT2D eigenvalue weighted by molar-refractivity contribution is -0.141. The van der Waals surface area contributed by atoms with Gasteiger partial charge in [0.2, 0.25) is 0 Å². The molecule has 0 saturated carbocycles. The van der Waals surface area contributed by atoms with Crippen LogP contribution >= 0.6 is 15.9 Å². The summed E-state index contributed by atoms with van der Waals surface area (Å²) in [6, 6.07) is 3.77. The summed E-state index contributed by atoms with van der Waals surface area (Å²) in [4.78, 5) is 22.8. The van der Waals surface area contributed by atoms with Crippen molar-refractivity contribution in [2.45, 2.75) is 26.0 Å². The molecule has 1 amide bonds. The molecule has 0 spiro atoms. The van der Waals surface area contributed by atoms with Crippen LogP contribution in [0.5, 0.6) is 0 Å². The SMILES string of the molecule is Cc1cccc(C(=O)NC(C(=O)O)C(C)O)c1Br. The first-order valence-electron chi connectivity index (χ1n) is 5.31. The summed E-state index contributed by atoms with van der Waals surface area (Å²) in [7, 11) is 0. The van der Waals surface area contributed by atoms with Crippen molar-refractivity contribution in [3.63, 3.8) is 0 Å². The lowest BCUT2D eigenvalue weighted by Gasteiger charge is -2.17. The zero-order valence-corrected chi connectivity index (χ0v) is 11.6. The van der Waals surface area contributed by atoms with Crippen molar-refractivity contribution in [1.29, 1.82) is 0 Å². The maximum Gasteiger partial charge on any atom is 0.328 e. The molecule has 0 aromatic heterocycles. The molecule has 18 heavy (non-hydrogen) atoms. The number of hydrogen-bond donors (Lipinski definition) is 3. The van der Waals surface area contributed by atoms with Crippen LogP contribution in [0.4, 0.5) is 0 Å². The summed E-state index contributed by atoms with van der Waals surface area (Å²) in [6.07, 6.45) is -1.17. The zero-order chi connectivity index (χ0) is 13.9. The fourth-order valence-electron chi connectivity index (χ4n) is 1.43. The molecule has 0 aliphatic carbocycles. The van der Waals surface area contributed by atoms with Crippen LogP contribution in [-0.4, -0.2) is 34.2 Å². The smallest absolute Gasteiger partial charge is 0.328 e. The second kappa shape index (κ2) is 5.97. The average Bonchev–Trinajstić information content (AvgIpc) is 2.28. The molecule has 98 valence electrons. The lowest BCUT2D eigenvalue weighted by atomic mass is 10.1. The highest BCUT2D eigenvalue weighted by Crippen LogP contribution is 2.21. The molecule has 0 saturated heterocycles. The number of hydrogen-bond acceptors (Lipinski definition) is 3. The predicted molar refractivity (Wildman–Crippen MR) is 69.4 cm³/mol. The van der Waals surface area contributed by atoms with Crippen molar-refractivity contribution in [2.75, 3.05) is 0 Å². The Bertz CT molecular complexity index is 473. The van der Waals surface area contributed by atoms with Gasteiger partial charge in [0.15, 0.2) is 6.04 Å². The van der Waals surface area contributed by atoms with Crippen molar-refractivity contribution in [3.05, 3.63) is 33.8 Å². The molecule has 1 aromatic carbocycles. The standard InChI is InChI=1S/C12H14BrNO4/c1-6-4-3-5-8(9(6)13)11(16)14-10(7(2)15)12(17)18/h3-5,7,10,15H,1-2H3,(H,14,16)(H,17,18). The van der Waals surface area contributed by atoms with Crippen molar-refractivity contribution >= 4 is 27.8 Å². The van der Waals surface area contributed by atoms with Gasteiger partial charge in [0.05, 0.1) is 11.7 Å². The maximum absolute atomic E-state index is 11.9. The van der Waals surface area contributed by atoms with Gasteiger partial charge < -0.3 is 15.5 Å². The molecule has 0 radical (unpaired) electrons. The van der Waals surface area contributed by atoms with Crippen LogP contribution in [0, 0.1) is 6.92 Å². The third kappa shape index (κ3) is 3.30. The number of benzene rings is 1. The van der Waals surface area contributed by atoms with Crippen molar-refractivity contribution in [1.82, 2.24) is 5.32 Å². The van der Waals surface area contributed by atoms with E-state index in [4.69, 9.17) is 5.11 Å². The fourth-order valence-corrected chi connectivity index (χ4v) is 1.87. The monoisotopic (exact) mass is 315 g/mol. The van der Waals surface area contributed by atoms with E-state index in [9.17, 15) is 14.7 Å². The number of carbonyl (C=O) groups is 2. The van der Waals surface area contributed by atoms with Gasteiger partial charge in [-0.15, -0.1) is 0 Å². The van der Waals surface area contributed by atoms with Gasteiger partial charge in [-0.05, 0) is 41.4 Å². The molecule has 5 nitrogen and oxygen atoms in total. The fraction of sp³-hybridized carbons (Fsp3) is 0.333. The van der Waals surface area contributed by atoms with E-state index in [1.807, 2.05) is 13.0 Å². The number of carbonyl (C=O) groups excluding carboxylic acids is 1. The summed E-state index contributed by atoms with van der Waals surface area (Å²) in [6.45, 7) is 3.13. The molecule has 0 aliphatic rings. The highest BCUT2D eigenvalue weighted by molar-refractivity contribution is 9.10. The molecule has 0 bridgehead atoms. The first-order chi connectivity index (χ1) is 8.34. The summed E-state index contributed by atoms with van der Waals surface area (Å²) in [5.41, 5.74) is 1.20. The highest BCUT2D eigenvalue weighted by Gasteiger charge is 2.26. The number of aliphatic hydroxyl groups excluding tert-OH is 1. The number of nitrogens with one attached hydrogen (secondary N) is 1. The minimum atomic E-state index is -1.33. The van der Waals surface area contributed by atoms with Crippen molar-refractivity contribution < 1.29 is 19.8 Å². The number of rotatable bonds is 4. The predicted octanol–water partition coefficient (Wildman–Crippen LogP) is 1.32. The third-order valence-corrected chi connectivity index (χ3v) is 3.52. The second-order valence-electron chi connectivity index (χ2n) is 3.97. The second-order valence-corrected chi connectivity index (χ2v) is 4.76. The van der Waals surface area contributed by atoms with Crippen LogP contribution in [0.15, 0.2) is 22.7 Å². The van der Waals surface area contributed by atoms with E-state index < -0.39 is 24.0 Å². The van der Waals surface area contributed by atoms with E-state index in [0.717, 1.165) is 5.56 Å². The summed E-state index contributed by atoms with van der Waals surface area (Å²) in [5, 5.41) is 20.5. The van der Waals surface area contributed by atoms with Gasteiger partial charge in [0.1, 0.15) is 0 Å². The van der Waals surface area contributed by atoms with E-state index in [2.05, 4.69) is 21.2 Å². The van der Waals surface area contributed by atoms with Gasteiger partial charge in [0, 0.05) is 4.47 Å². The molecule has 0 fully saturated rings. The summed E-state index contributed by atoms with van der Waals surface area (Å²) < 4.78 is 0.609. The van der Waals surface area contributed by atoms with Gasteiger partial charge in [0.25, 0.3) is 5.91 Å². The largest absolute Gasteiger partial charge is 0.480 e. The molecule has 3 N–H and O–H groups in total. The minimum absolute atomic E-state index is 0.335. The third-order valence-electron chi connectivity index (χ3n) is 2.47. The number of carboxylic acids is 1. The number of halogens is 1. The number of amides is 1. The molecule has 2 unspecified atom stereocenters. The molecule has 1 aromatic rings. The topological polar surface area (TPSA) is 86.6 Å². The molecule has 0 aliphatic heterocycles. The molecule has 2 atom stereocenters. The number of carboxylic acid groups (broad SMARTS) is 1. The number of aliphatic hydroxyl groups is 1. The molecular weight excluding hydrogens is 302 g/mol. The Balaban J connectivity index is 2.94. The quantitative estimate of drug-likeness (QED) is 0.782. The van der Waals surface area contributed by atoms with Gasteiger partial charge in [-0.25, -0.2) is 4.79 Å². The van der Waals surface area contributed by atoms with Crippen LogP contribution < -0.4 is 5.32 Å². The normalized spacial score (nSPS) is 13.8. The summed E-state index contributed by atoms with van der Waals surface area (Å²) in [5.74, 6) is -1.82. The Morgan fingerprint density at radius 3 is 2.50 bits per heavy atom. The van der Waals surface area contributed by atoms with Crippen LogP contribution in [0.3, 0.4) is 0 Å². The molecule has 0 heterocycles. The van der Waals surface area contributed by atoms with E-state index in [-0.39, 0.29) is 0 Å². The minimum Gasteiger partial charge on any atom is -0.480 e. The Morgan fingerprint density at radius 1 is 1.39 bits per heavy atom. The van der Waals surface area contributed by atoms with E-state index >= 15 is 0 Å². The van der Waals surface area contributed by atoms with E-state index in [1.54, 1.807) is 12.1 Å². The lowest BCUT2D eigenvalue weighted by Crippen LogP contribution is -2.47. The van der Waals surface area contributed by atoms with Crippen LogP contribution in [0.2, 0.25) is 0 Å². The van der Waals surface area contributed by atoms with Crippen molar-refractivity contribution in [3.8, 4) is 0 Å². The Labute approximate surface area is 113 Å². The Hall–Kier alpha value is -1.40. The maximum atomic E-state index is 11.9. The molecule has 6 heteroatoms. The van der Waals surface area contributed by atoms with Crippen LogP contribution in [0.25, 0.3) is 0 Å².